The lowest BCUT2D eigenvalue weighted by Gasteiger charge is -2.26. The molecule has 6 nitrogen and oxygen atoms in total. The Hall–Kier alpha value is -9.04. The molecule has 0 atom stereocenters. The number of aromatic nitrogens is 4. The van der Waals surface area contributed by atoms with Crippen LogP contribution in [0.5, 0.6) is 0 Å². The third kappa shape index (κ3) is 6.71. The van der Waals surface area contributed by atoms with E-state index in [1.807, 2.05) is 11.3 Å². The SMILES string of the molecule is Cn1c2c(c3ccc(N(c4ccc(-c5ccc(-c6ccc(N(c7ccc8c9ccccc9n(C)c8c7)c7ccc8c9ccccc9n(C)c8c7)cc6)s5)cc4)c4ccc5c6ccccc6n(C)c5c4)cc31)=CCCC=2. The van der Waals surface area contributed by atoms with E-state index in [1.54, 1.807) is 0 Å². The zero-order chi connectivity index (χ0) is 50.1. The van der Waals surface area contributed by atoms with Crippen LogP contribution in [0.4, 0.5) is 34.1 Å². The highest BCUT2D eigenvalue weighted by atomic mass is 32.1. The molecule has 0 radical (unpaired) electrons. The second kappa shape index (κ2) is 16.7. The quantitative estimate of drug-likeness (QED) is 0.152. The normalized spacial score (nSPS) is 12.6. The summed E-state index contributed by atoms with van der Waals surface area (Å²) in [7, 11) is 8.74. The molecule has 0 unspecified atom stereocenters. The topological polar surface area (TPSA) is 26.2 Å². The first-order valence-corrected chi connectivity index (χ1v) is 26.8. The van der Waals surface area contributed by atoms with Crippen molar-refractivity contribution in [1.82, 2.24) is 18.3 Å². The number of benzene rings is 9. The van der Waals surface area contributed by atoms with E-state index in [1.165, 1.54) is 108 Å². The molecule has 5 aromatic heterocycles. The molecule has 1 aliphatic carbocycles. The maximum atomic E-state index is 2.42. The van der Waals surface area contributed by atoms with Crippen LogP contribution in [-0.4, -0.2) is 18.3 Å². The van der Waals surface area contributed by atoms with Gasteiger partial charge in [0.25, 0.3) is 0 Å². The van der Waals surface area contributed by atoms with E-state index in [2.05, 4.69) is 275 Å². The highest BCUT2D eigenvalue weighted by molar-refractivity contribution is 7.18. The molecule has 0 saturated heterocycles. The van der Waals surface area contributed by atoms with Crippen LogP contribution in [0, 0.1) is 0 Å². The summed E-state index contributed by atoms with van der Waals surface area (Å²) in [5, 5.41) is 11.6. The molecule has 0 aliphatic heterocycles. The number of nitrogens with zero attached hydrogens (tertiary/aromatic N) is 6. The first kappa shape index (κ1) is 43.5. The van der Waals surface area contributed by atoms with Crippen LogP contribution in [0.1, 0.15) is 12.8 Å². The highest BCUT2D eigenvalue weighted by Crippen LogP contribution is 2.44. The lowest BCUT2D eigenvalue weighted by molar-refractivity contribution is 0.909. The molecule has 1 aliphatic rings. The van der Waals surface area contributed by atoms with Crippen LogP contribution >= 0.6 is 11.3 Å². The first-order valence-electron chi connectivity index (χ1n) is 26.0. The summed E-state index contributed by atoms with van der Waals surface area (Å²) in [6.45, 7) is 0. The number of aryl methyl sites for hydroxylation is 4. The molecule has 15 rings (SSSR count). The van der Waals surface area contributed by atoms with Crippen LogP contribution in [0.25, 0.3) is 109 Å². The van der Waals surface area contributed by atoms with Gasteiger partial charge in [-0.25, -0.2) is 0 Å². The van der Waals surface area contributed by atoms with Gasteiger partial charge in [-0.1, -0.05) is 115 Å². The maximum absolute atomic E-state index is 2.42. The molecule has 75 heavy (non-hydrogen) atoms. The van der Waals surface area contributed by atoms with Crippen molar-refractivity contribution >= 4 is 134 Å². The molecule has 0 spiro atoms. The molecule has 7 heteroatoms. The first-order chi connectivity index (χ1) is 36.8. The molecular weight excluding hydrogens is 933 g/mol. The fourth-order valence-corrected chi connectivity index (χ4v) is 13.5. The van der Waals surface area contributed by atoms with Crippen LogP contribution in [-0.2, 0) is 28.2 Å². The van der Waals surface area contributed by atoms with Gasteiger partial charge in [-0.05, 0) is 127 Å². The smallest absolute Gasteiger partial charge is 0.0509 e. The Balaban J connectivity index is 0.784. The van der Waals surface area contributed by atoms with Gasteiger partial charge in [-0.3, -0.25) is 0 Å². The summed E-state index contributed by atoms with van der Waals surface area (Å²) < 4.78 is 9.34. The Kier molecular flexibility index (Phi) is 9.72. The van der Waals surface area contributed by atoms with Crippen LogP contribution < -0.4 is 20.4 Å². The van der Waals surface area contributed by atoms with Gasteiger partial charge in [-0.2, -0.15) is 0 Å². The Morgan fingerprint density at radius 1 is 0.307 bits per heavy atom. The van der Waals surface area contributed by atoms with Crippen molar-refractivity contribution in [2.75, 3.05) is 9.80 Å². The predicted octanol–water partition coefficient (Wildman–Crippen LogP) is 16.8. The average Bonchev–Trinajstić information content (AvgIpc) is 4.28. The van der Waals surface area contributed by atoms with Gasteiger partial charge in [0, 0.05) is 137 Å². The molecule has 14 aromatic rings. The number of hydrogen-bond acceptors (Lipinski definition) is 3. The van der Waals surface area contributed by atoms with Crippen LogP contribution in [0.3, 0.4) is 0 Å². The lowest BCUT2D eigenvalue weighted by atomic mass is 10.1. The molecule has 0 saturated carbocycles. The van der Waals surface area contributed by atoms with Crippen molar-refractivity contribution in [2.45, 2.75) is 12.8 Å². The minimum atomic E-state index is 1.08. The number of thiophene rings is 1. The molecular formula is C68H52N6S. The van der Waals surface area contributed by atoms with E-state index < -0.39 is 0 Å². The van der Waals surface area contributed by atoms with Crippen molar-refractivity contribution in [3.8, 4) is 20.9 Å². The van der Waals surface area contributed by atoms with Crippen molar-refractivity contribution < 1.29 is 0 Å². The molecule has 5 heterocycles. The van der Waals surface area contributed by atoms with Crippen molar-refractivity contribution in [2.24, 2.45) is 28.2 Å². The standard InChI is InChI=1S/C68H52N6S/c1-69-59-17-9-5-13-51(59)55-33-29-47(39-63(55)69)73(48-30-34-56-52-14-6-10-18-60(52)70(2)64(56)40-48)45-25-21-43(22-26-45)67-37-38-68(75-67)44-23-27-46(28-24-44)74(49-31-35-57-53-15-7-11-19-61(53)71(3)65(57)41-49)50-32-36-58-54-16-8-12-20-62(54)72(4)66(58)42-50/h5-7,9-11,13-42H,8,12H2,1-4H3. The largest absolute Gasteiger partial charge is 0.344 e. The summed E-state index contributed by atoms with van der Waals surface area (Å²) in [6, 6.07) is 76.7. The molecule has 0 amide bonds. The maximum Gasteiger partial charge on any atom is 0.0509 e. The van der Waals surface area contributed by atoms with Gasteiger partial charge < -0.3 is 28.1 Å². The molecule has 9 aromatic carbocycles. The lowest BCUT2D eigenvalue weighted by Crippen LogP contribution is -2.29. The summed E-state index contributed by atoms with van der Waals surface area (Å²) >= 11 is 1.84. The van der Waals surface area contributed by atoms with Gasteiger partial charge in [0.1, 0.15) is 0 Å². The zero-order valence-electron chi connectivity index (χ0n) is 42.3. The fourth-order valence-electron chi connectivity index (χ4n) is 12.5. The minimum absolute atomic E-state index is 1.08. The summed E-state index contributed by atoms with van der Waals surface area (Å²) in [6.07, 6.45) is 6.97. The minimum Gasteiger partial charge on any atom is -0.344 e. The number of fused-ring (bicyclic) bond motifs is 12. The molecule has 0 bridgehead atoms. The average molecular weight is 985 g/mol. The van der Waals surface area contributed by atoms with Crippen molar-refractivity contribution in [1.29, 1.82) is 0 Å². The molecule has 0 fully saturated rings. The summed E-state index contributed by atoms with van der Waals surface area (Å²) in [5.41, 5.74) is 17.7. The second-order valence-electron chi connectivity index (χ2n) is 20.3. The Morgan fingerprint density at radius 3 is 1.05 bits per heavy atom. The third-order valence-electron chi connectivity index (χ3n) is 16.3. The summed E-state index contributed by atoms with van der Waals surface area (Å²) in [4.78, 5) is 7.30. The van der Waals surface area contributed by atoms with Gasteiger partial charge in [-0.15, -0.1) is 11.3 Å². The molecule has 360 valence electrons. The van der Waals surface area contributed by atoms with Crippen molar-refractivity contribution in [3.63, 3.8) is 0 Å². The van der Waals surface area contributed by atoms with E-state index in [9.17, 15) is 0 Å². The zero-order valence-corrected chi connectivity index (χ0v) is 43.1. The van der Waals surface area contributed by atoms with Gasteiger partial charge >= 0.3 is 0 Å². The van der Waals surface area contributed by atoms with Gasteiger partial charge in [0.15, 0.2) is 0 Å². The van der Waals surface area contributed by atoms with E-state index in [0.29, 0.717) is 0 Å². The van der Waals surface area contributed by atoms with E-state index in [-0.39, 0.29) is 0 Å². The monoisotopic (exact) mass is 984 g/mol. The summed E-state index contributed by atoms with van der Waals surface area (Å²) in [5.74, 6) is 0. The number of para-hydroxylation sites is 3. The third-order valence-corrected chi connectivity index (χ3v) is 17.5. The van der Waals surface area contributed by atoms with E-state index in [4.69, 9.17) is 0 Å². The Labute approximate surface area is 438 Å². The van der Waals surface area contributed by atoms with E-state index in [0.717, 1.165) is 47.0 Å². The Morgan fingerprint density at radius 2 is 0.640 bits per heavy atom. The van der Waals surface area contributed by atoms with E-state index >= 15 is 0 Å². The van der Waals surface area contributed by atoms with Crippen molar-refractivity contribution in [3.05, 3.63) is 217 Å². The van der Waals surface area contributed by atoms with Gasteiger partial charge in [0.2, 0.25) is 0 Å². The number of hydrogen-bond donors (Lipinski definition) is 0. The number of anilines is 6. The Bertz CT molecular complexity index is 4650. The molecule has 0 N–H and O–H groups in total. The highest BCUT2D eigenvalue weighted by Gasteiger charge is 2.21. The van der Waals surface area contributed by atoms with Gasteiger partial charge in [0.05, 0.1) is 22.1 Å². The van der Waals surface area contributed by atoms with Crippen LogP contribution in [0.2, 0.25) is 0 Å². The fraction of sp³-hybridized carbons (Fsp3) is 0.0882. The van der Waals surface area contributed by atoms with Crippen LogP contribution in [0.15, 0.2) is 206 Å². The predicted molar refractivity (Wildman–Crippen MR) is 320 cm³/mol. The second-order valence-corrected chi connectivity index (χ2v) is 21.4. The number of rotatable bonds is 8.